The van der Waals surface area contributed by atoms with E-state index in [4.69, 9.17) is 4.74 Å². The highest BCUT2D eigenvalue weighted by Crippen LogP contribution is 2.22. The van der Waals surface area contributed by atoms with Gasteiger partial charge in [-0.25, -0.2) is 9.18 Å². The predicted molar refractivity (Wildman–Crippen MR) is 83.8 cm³/mol. The van der Waals surface area contributed by atoms with Gasteiger partial charge in [-0.1, -0.05) is 6.07 Å². The highest BCUT2D eigenvalue weighted by molar-refractivity contribution is 5.39. The summed E-state index contributed by atoms with van der Waals surface area (Å²) >= 11 is 0. The quantitative estimate of drug-likeness (QED) is 0.746. The lowest BCUT2D eigenvalue weighted by atomic mass is 10.3. The first kappa shape index (κ1) is 14.8. The van der Waals surface area contributed by atoms with Crippen molar-refractivity contribution in [3.8, 4) is 17.2 Å². The smallest absolute Gasteiger partial charge is 0.335 e. The monoisotopic (exact) mass is 312 g/mol. The number of halogens is 1. The Morgan fingerprint density at radius 1 is 0.957 bits per heavy atom. The second-order valence-electron chi connectivity index (χ2n) is 4.92. The van der Waals surface area contributed by atoms with Crippen molar-refractivity contribution in [2.24, 2.45) is 7.05 Å². The van der Waals surface area contributed by atoms with Crippen molar-refractivity contribution in [3.05, 3.63) is 87.4 Å². The molecule has 0 unspecified atom stereocenters. The molecule has 0 aliphatic carbocycles. The molecule has 0 bridgehead atoms. The van der Waals surface area contributed by atoms with Crippen LogP contribution < -0.4 is 16.0 Å². The van der Waals surface area contributed by atoms with Gasteiger partial charge in [-0.2, -0.15) is 0 Å². The molecule has 116 valence electrons. The maximum atomic E-state index is 13.1. The molecular formula is C17H13FN2O3. The van der Waals surface area contributed by atoms with Crippen molar-refractivity contribution >= 4 is 0 Å². The lowest BCUT2D eigenvalue weighted by Crippen LogP contribution is -2.36. The minimum Gasteiger partial charge on any atom is -0.457 e. The third-order valence-corrected chi connectivity index (χ3v) is 3.34. The van der Waals surface area contributed by atoms with Crippen molar-refractivity contribution in [3.63, 3.8) is 0 Å². The summed E-state index contributed by atoms with van der Waals surface area (Å²) in [6, 6.07) is 13.8. The normalized spacial score (nSPS) is 10.5. The van der Waals surface area contributed by atoms with Gasteiger partial charge in [0.25, 0.3) is 5.56 Å². The van der Waals surface area contributed by atoms with Gasteiger partial charge in [0.05, 0.1) is 5.69 Å². The van der Waals surface area contributed by atoms with Gasteiger partial charge < -0.3 is 4.74 Å². The van der Waals surface area contributed by atoms with Crippen molar-refractivity contribution in [1.29, 1.82) is 0 Å². The van der Waals surface area contributed by atoms with E-state index in [1.165, 1.54) is 36.0 Å². The molecule has 3 aromatic rings. The Morgan fingerprint density at radius 2 is 1.70 bits per heavy atom. The highest BCUT2D eigenvalue weighted by atomic mass is 19.1. The molecule has 5 nitrogen and oxygen atoms in total. The van der Waals surface area contributed by atoms with E-state index in [-0.39, 0.29) is 11.4 Å². The SMILES string of the molecule is Cn1c(=O)ccn(-c2ccc(Oc3cccc(F)c3)cc2)c1=O. The maximum absolute atomic E-state index is 13.1. The topological polar surface area (TPSA) is 53.2 Å². The molecule has 1 aromatic heterocycles. The van der Waals surface area contributed by atoms with Crippen LogP contribution in [0.4, 0.5) is 4.39 Å². The van der Waals surface area contributed by atoms with Gasteiger partial charge in [0.2, 0.25) is 0 Å². The van der Waals surface area contributed by atoms with E-state index in [1.54, 1.807) is 36.4 Å². The maximum Gasteiger partial charge on any atom is 0.335 e. The fourth-order valence-corrected chi connectivity index (χ4v) is 2.11. The van der Waals surface area contributed by atoms with Crippen LogP contribution in [-0.4, -0.2) is 9.13 Å². The standard InChI is InChI=1S/C17H13FN2O3/c1-19-16(21)9-10-20(17(19)22)13-5-7-14(8-6-13)23-15-4-2-3-12(18)11-15/h2-11H,1H3. The van der Waals surface area contributed by atoms with Crippen molar-refractivity contribution in [2.45, 2.75) is 0 Å². The summed E-state index contributed by atoms with van der Waals surface area (Å²) in [5.41, 5.74) is -0.203. The van der Waals surface area contributed by atoms with Crippen LogP contribution in [0.15, 0.2) is 70.4 Å². The minimum atomic E-state index is -0.434. The summed E-state index contributed by atoms with van der Waals surface area (Å²) in [7, 11) is 1.42. The molecule has 0 saturated carbocycles. The molecular weight excluding hydrogens is 299 g/mol. The fraction of sp³-hybridized carbons (Fsp3) is 0.0588. The molecule has 23 heavy (non-hydrogen) atoms. The zero-order valence-electron chi connectivity index (χ0n) is 12.3. The van der Waals surface area contributed by atoms with Crippen LogP contribution in [0.1, 0.15) is 0 Å². The average Bonchev–Trinajstić information content (AvgIpc) is 2.54. The number of aromatic nitrogens is 2. The molecule has 1 heterocycles. The third kappa shape index (κ3) is 3.06. The largest absolute Gasteiger partial charge is 0.457 e. The zero-order chi connectivity index (χ0) is 16.4. The van der Waals surface area contributed by atoms with Gasteiger partial charge in [-0.3, -0.25) is 13.9 Å². The molecule has 3 rings (SSSR count). The number of ether oxygens (including phenoxy) is 1. The van der Waals surface area contributed by atoms with E-state index in [1.807, 2.05) is 0 Å². The summed E-state index contributed by atoms with van der Waals surface area (Å²) < 4.78 is 21.0. The van der Waals surface area contributed by atoms with Crippen LogP contribution in [-0.2, 0) is 7.05 Å². The van der Waals surface area contributed by atoms with Crippen molar-refractivity contribution in [2.75, 3.05) is 0 Å². The fourth-order valence-electron chi connectivity index (χ4n) is 2.11. The first-order chi connectivity index (χ1) is 11.0. The van der Waals surface area contributed by atoms with E-state index in [0.717, 1.165) is 4.57 Å². The first-order valence-electron chi connectivity index (χ1n) is 6.87. The number of nitrogens with zero attached hydrogens (tertiary/aromatic N) is 2. The second-order valence-corrected chi connectivity index (χ2v) is 4.92. The first-order valence-corrected chi connectivity index (χ1v) is 6.87. The van der Waals surface area contributed by atoms with E-state index >= 15 is 0 Å². The highest BCUT2D eigenvalue weighted by Gasteiger charge is 2.04. The summed E-state index contributed by atoms with van der Waals surface area (Å²) in [6.07, 6.45) is 1.42. The lowest BCUT2D eigenvalue weighted by molar-refractivity contribution is 0.476. The average molecular weight is 312 g/mol. The second kappa shape index (κ2) is 5.92. The Balaban J connectivity index is 1.89. The molecule has 0 aliphatic heterocycles. The number of benzene rings is 2. The Hall–Kier alpha value is -3.15. The van der Waals surface area contributed by atoms with Crippen molar-refractivity contribution < 1.29 is 9.13 Å². The molecule has 0 radical (unpaired) electrons. The van der Waals surface area contributed by atoms with Gasteiger partial charge in [0, 0.05) is 25.4 Å². The van der Waals surface area contributed by atoms with E-state index in [2.05, 4.69) is 0 Å². The molecule has 0 N–H and O–H groups in total. The molecule has 0 atom stereocenters. The number of rotatable bonds is 3. The Kier molecular flexibility index (Phi) is 3.80. The Bertz CT molecular complexity index is 959. The Labute approximate surface area is 130 Å². The van der Waals surface area contributed by atoms with Crippen LogP contribution in [0, 0.1) is 5.82 Å². The Morgan fingerprint density at radius 3 is 2.39 bits per heavy atom. The lowest BCUT2D eigenvalue weighted by Gasteiger charge is -2.09. The molecule has 0 fully saturated rings. The molecule has 6 heteroatoms. The molecule has 0 saturated heterocycles. The van der Waals surface area contributed by atoms with Crippen LogP contribution >= 0.6 is 0 Å². The van der Waals surface area contributed by atoms with Crippen LogP contribution in [0.5, 0.6) is 11.5 Å². The number of hydrogen-bond acceptors (Lipinski definition) is 3. The van der Waals surface area contributed by atoms with Crippen LogP contribution in [0.2, 0.25) is 0 Å². The summed E-state index contributed by atoms with van der Waals surface area (Å²) in [6.45, 7) is 0. The van der Waals surface area contributed by atoms with E-state index in [0.29, 0.717) is 17.2 Å². The van der Waals surface area contributed by atoms with Crippen molar-refractivity contribution in [1.82, 2.24) is 9.13 Å². The van der Waals surface area contributed by atoms with Crippen LogP contribution in [0.3, 0.4) is 0 Å². The molecule has 2 aromatic carbocycles. The van der Waals surface area contributed by atoms with E-state index in [9.17, 15) is 14.0 Å². The summed E-state index contributed by atoms with van der Waals surface area (Å²) in [4.78, 5) is 23.5. The van der Waals surface area contributed by atoms with Crippen LogP contribution in [0.25, 0.3) is 5.69 Å². The molecule has 0 amide bonds. The third-order valence-electron chi connectivity index (χ3n) is 3.34. The van der Waals surface area contributed by atoms with Gasteiger partial charge in [-0.05, 0) is 36.4 Å². The van der Waals surface area contributed by atoms with Gasteiger partial charge in [-0.15, -0.1) is 0 Å². The van der Waals surface area contributed by atoms with Gasteiger partial charge in [0.15, 0.2) is 0 Å². The zero-order valence-corrected chi connectivity index (χ0v) is 12.3. The minimum absolute atomic E-state index is 0.364. The molecule has 0 spiro atoms. The predicted octanol–water partition coefficient (Wildman–Crippen LogP) is 2.47. The van der Waals surface area contributed by atoms with E-state index < -0.39 is 5.69 Å². The summed E-state index contributed by atoms with van der Waals surface area (Å²) in [5.74, 6) is 0.519. The summed E-state index contributed by atoms with van der Waals surface area (Å²) in [5, 5.41) is 0. The van der Waals surface area contributed by atoms with Gasteiger partial charge >= 0.3 is 5.69 Å². The van der Waals surface area contributed by atoms with Gasteiger partial charge in [0.1, 0.15) is 17.3 Å². The molecule has 0 aliphatic rings. The number of hydrogen-bond donors (Lipinski definition) is 0.